The highest BCUT2D eigenvalue weighted by Crippen LogP contribution is 2.22. The first kappa shape index (κ1) is 25.1. The molecule has 0 bridgehead atoms. The van der Waals surface area contributed by atoms with Crippen molar-refractivity contribution in [3.63, 3.8) is 0 Å². The van der Waals surface area contributed by atoms with E-state index in [1.165, 1.54) is 6.20 Å². The van der Waals surface area contributed by atoms with Crippen molar-refractivity contribution in [1.82, 2.24) is 25.4 Å². The Morgan fingerprint density at radius 1 is 1.17 bits per heavy atom. The van der Waals surface area contributed by atoms with E-state index in [4.69, 9.17) is 5.11 Å². The van der Waals surface area contributed by atoms with Gasteiger partial charge in [-0.15, -0.1) is 0 Å². The molecule has 4 N–H and O–H groups in total. The van der Waals surface area contributed by atoms with Crippen LogP contribution in [-0.2, 0) is 11.2 Å². The average Bonchev–Trinajstić information content (AvgIpc) is 2.89. The van der Waals surface area contributed by atoms with Crippen molar-refractivity contribution in [3.05, 3.63) is 70.1 Å². The van der Waals surface area contributed by atoms with Crippen LogP contribution in [0.2, 0.25) is 0 Å². The molecule has 10 heteroatoms. The molecule has 1 fully saturated rings. The molecule has 0 atom stereocenters. The van der Waals surface area contributed by atoms with E-state index < -0.39 is 5.56 Å². The minimum absolute atomic E-state index is 0.121. The summed E-state index contributed by atoms with van der Waals surface area (Å²) in [5, 5.41) is 21.0. The highest BCUT2D eigenvalue weighted by molar-refractivity contribution is 5.94. The summed E-state index contributed by atoms with van der Waals surface area (Å²) in [6.45, 7) is 3.83. The Kier molecular flexibility index (Phi) is 8.06. The van der Waals surface area contributed by atoms with E-state index >= 15 is 0 Å². The van der Waals surface area contributed by atoms with Gasteiger partial charge < -0.3 is 20.6 Å². The molecule has 2 aromatic heterocycles. The predicted molar refractivity (Wildman–Crippen MR) is 136 cm³/mol. The van der Waals surface area contributed by atoms with Crippen LogP contribution in [-0.4, -0.2) is 63.2 Å². The van der Waals surface area contributed by atoms with E-state index in [0.29, 0.717) is 29.4 Å². The predicted octanol–water partition coefficient (Wildman–Crippen LogP) is 2.10. The number of carbonyl (C=O) groups is 2. The molecular formula is C26H30N6O4. The fraction of sp³-hybridized carbons (Fsp3) is 0.346. The molecular weight excluding hydrogens is 460 g/mol. The summed E-state index contributed by atoms with van der Waals surface area (Å²) >= 11 is 0. The molecule has 1 aliphatic rings. The number of aliphatic hydroxyl groups excluding tert-OH is 1. The van der Waals surface area contributed by atoms with Crippen molar-refractivity contribution >= 4 is 23.3 Å². The number of piperidine rings is 1. The lowest BCUT2D eigenvalue weighted by atomic mass is 9.98. The Morgan fingerprint density at radius 3 is 2.69 bits per heavy atom. The number of carbonyl (C=O) groups excluding carboxylic acids is 2. The van der Waals surface area contributed by atoms with Gasteiger partial charge >= 0.3 is 0 Å². The quantitative estimate of drug-likeness (QED) is 0.379. The van der Waals surface area contributed by atoms with Crippen LogP contribution in [0, 0.1) is 5.92 Å². The van der Waals surface area contributed by atoms with Gasteiger partial charge in [-0.05, 0) is 48.6 Å². The third kappa shape index (κ3) is 6.33. The van der Waals surface area contributed by atoms with Crippen molar-refractivity contribution in [2.45, 2.75) is 26.2 Å². The number of hydrogen-bond donors (Lipinski definition) is 4. The van der Waals surface area contributed by atoms with Gasteiger partial charge in [0, 0.05) is 31.4 Å². The fourth-order valence-corrected chi connectivity index (χ4v) is 4.04. The van der Waals surface area contributed by atoms with E-state index in [1.807, 2.05) is 29.2 Å². The first-order valence-electron chi connectivity index (χ1n) is 12.0. The fourth-order valence-electron chi connectivity index (χ4n) is 4.04. The van der Waals surface area contributed by atoms with Crippen LogP contribution in [0.5, 0.6) is 0 Å². The number of aromatic amines is 1. The number of benzene rings is 1. The molecule has 3 heterocycles. The van der Waals surface area contributed by atoms with Crippen molar-refractivity contribution < 1.29 is 14.7 Å². The second-order valence-electron chi connectivity index (χ2n) is 8.97. The maximum absolute atomic E-state index is 12.8. The molecule has 0 spiro atoms. The van der Waals surface area contributed by atoms with E-state index in [0.717, 1.165) is 37.1 Å². The Hall–Kier alpha value is -4.05. The highest BCUT2D eigenvalue weighted by Gasteiger charge is 2.20. The Balaban J connectivity index is 1.46. The number of amides is 2. The molecule has 4 rings (SSSR count). The molecule has 0 aliphatic carbocycles. The van der Waals surface area contributed by atoms with Crippen LogP contribution in [0.25, 0.3) is 11.3 Å². The Bertz CT molecular complexity index is 1270. The highest BCUT2D eigenvalue weighted by atomic mass is 16.3. The number of anilines is 2. The first-order valence-corrected chi connectivity index (χ1v) is 12.0. The van der Waals surface area contributed by atoms with Gasteiger partial charge in [0.1, 0.15) is 11.5 Å². The summed E-state index contributed by atoms with van der Waals surface area (Å²) < 4.78 is 0. The summed E-state index contributed by atoms with van der Waals surface area (Å²) in [5.74, 6) is 0.818. The van der Waals surface area contributed by atoms with Gasteiger partial charge in [0.2, 0.25) is 5.91 Å². The zero-order valence-corrected chi connectivity index (χ0v) is 20.2. The van der Waals surface area contributed by atoms with Gasteiger partial charge in [-0.1, -0.05) is 25.1 Å². The van der Waals surface area contributed by atoms with Crippen LogP contribution >= 0.6 is 0 Å². The number of pyridine rings is 1. The second-order valence-corrected chi connectivity index (χ2v) is 8.97. The van der Waals surface area contributed by atoms with Crippen molar-refractivity contribution in [3.8, 4) is 11.3 Å². The monoisotopic (exact) mass is 490 g/mol. The third-order valence-electron chi connectivity index (χ3n) is 6.20. The molecule has 0 saturated carbocycles. The van der Waals surface area contributed by atoms with Crippen molar-refractivity contribution in [1.29, 1.82) is 0 Å². The standard InChI is InChI=1S/C26H30N6O4/c1-17-7-10-32(11-8-17)24(34)14-18-3-2-4-19(13-18)21-15-22(26(36)31-30-21)29-23-6-5-20(16-28-23)25(35)27-9-12-33/h2-6,13,15-17,33H,7-12,14H2,1H3,(H,27,35)(H,31,36)(H,28,29,30). The summed E-state index contributed by atoms with van der Waals surface area (Å²) in [7, 11) is 0. The largest absolute Gasteiger partial charge is 0.395 e. The number of nitrogens with one attached hydrogen (secondary N) is 3. The number of likely N-dealkylation sites (tertiary alicyclic amines) is 1. The summed E-state index contributed by atoms with van der Waals surface area (Å²) in [6, 6.07) is 12.4. The number of rotatable bonds is 8. The number of H-pyrrole nitrogens is 1. The summed E-state index contributed by atoms with van der Waals surface area (Å²) in [5.41, 5.74) is 2.36. The minimum atomic E-state index is -0.420. The summed E-state index contributed by atoms with van der Waals surface area (Å²) in [4.78, 5) is 43.2. The first-order chi connectivity index (χ1) is 17.4. The molecule has 10 nitrogen and oxygen atoms in total. The number of aromatic nitrogens is 3. The number of hydrogen-bond acceptors (Lipinski definition) is 7. The van der Waals surface area contributed by atoms with E-state index in [-0.39, 0.29) is 30.7 Å². The number of aliphatic hydroxyl groups is 1. The lowest BCUT2D eigenvalue weighted by Gasteiger charge is -2.30. The average molecular weight is 491 g/mol. The summed E-state index contributed by atoms with van der Waals surface area (Å²) in [6.07, 6.45) is 3.78. The number of nitrogens with zero attached hydrogens (tertiary/aromatic N) is 3. The molecule has 0 radical (unpaired) electrons. The second kappa shape index (κ2) is 11.6. The van der Waals surface area contributed by atoms with Crippen LogP contribution < -0.4 is 16.2 Å². The van der Waals surface area contributed by atoms with Gasteiger partial charge in [-0.3, -0.25) is 14.4 Å². The van der Waals surface area contributed by atoms with Gasteiger partial charge in [0.15, 0.2) is 0 Å². The molecule has 3 aromatic rings. The molecule has 2 amide bonds. The maximum Gasteiger partial charge on any atom is 0.287 e. The topological polar surface area (TPSA) is 140 Å². The van der Waals surface area contributed by atoms with Crippen LogP contribution in [0.1, 0.15) is 35.7 Å². The zero-order chi connectivity index (χ0) is 25.5. The SMILES string of the molecule is CC1CCN(C(=O)Cc2cccc(-c3cc(Nc4ccc(C(=O)NCCO)cn4)c(=O)[nH]n3)c2)CC1. The van der Waals surface area contributed by atoms with Gasteiger partial charge in [-0.2, -0.15) is 5.10 Å². The smallest absolute Gasteiger partial charge is 0.287 e. The maximum atomic E-state index is 12.8. The lowest BCUT2D eigenvalue weighted by Crippen LogP contribution is -2.38. The van der Waals surface area contributed by atoms with Gasteiger partial charge in [-0.25, -0.2) is 10.1 Å². The zero-order valence-electron chi connectivity index (χ0n) is 20.2. The van der Waals surface area contributed by atoms with Crippen LogP contribution in [0.4, 0.5) is 11.5 Å². The van der Waals surface area contributed by atoms with Gasteiger partial charge in [0.05, 0.1) is 24.3 Å². The van der Waals surface area contributed by atoms with Crippen LogP contribution in [0.15, 0.2) is 53.5 Å². The van der Waals surface area contributed by atoms with Gasteiger partial charge in [0.25, 0.3) is 11.5 Å². The molecule has 36 heavy (non-hydrogen) atoms. The Morgan fingerprint density at radius 2 is 1.97 bits per heavy atom. The molecule has 0 unspecified atom stereocenters. The van der Waals surface area contributed by atoms with E-state index in [2.05, 4.69) is 32.7 Å². The third-order valence-corrected chi connectivity index (χ3v) is 6.20. The van der Waals surface area contributed by atoms with E-state index in [9.17, 15) is 14.4 Å². The molecule has 1 aliphatic heterocycles. The normalized spacial score (nSPS) is 13.9. The van der Waals surface area contributed by atoms with Crippen molar-refractivity contribution in [2.24, 2.45) is 5.92 Å². The van der Waals surface area contributed by atoms with Crippen molar-refractivity contribution in [2.75, 3.05) is 31.6 Å². The molecule has 1 aromatic carbocycles. The molecule has 188 valence electrons. The Labute approximate surface area is 208 Å². The van der Waals surface area contributed by atoms with E-state index in [1.54, 1.807) is 18.2 Å². The molecule has 1 saturated heterocycles. The lowest BCUT2D eigenvalue weighted by molar-refractivity contribution is -0.131. The van der Waals surface area contributed by atoms with Crippen LogP contribution in [0.3, 0.4) is 0 Å². The minimum Gasteiger partial charge on any atom is -0.395 e.